The molecule has 6 heteroatoms. The van der Waals surface area contributed by atoms with Crippen molar-refractivity contribution in [3.05, 3.63) is 22.4 Å². The second-order valence-corrected chi connectivity index (χ2v) is 5.42. The topological polar surface area (TPSA) is 62.9 Å². The van der Waals surface area contributed by atoms with Crippen molar-refractivity contribution in [1.29, 1.82) is 0 Å². The van der Waals surface area contributed by atoms with Crippen molar-refractivity contribution >= 4 is 11.3 Å². The molecule has 2 N–H and O–H groups in total. The highest BCUT2D eigenvalue weighted by Crippen LogP contribution is 2.24. The molecule has 0 amide bonds. The lowest BCUT2D eigenvalue weighted by Gasteiger charge is -2.22. The van der Waals surface area contributed by atoms with E-state index in [2.05, 4.69) is 18.4 Å². The molecule has 0 radical (unpaired) electrons. The maximum absolute atomic E-state index is 6.12. The van der Waals surface area contributed by atoms with Crippen molar-refractivity contribution in [3.8, 4) is 0 Å². The first-order valence-electron chi connectivity index (χ1n) is 7.33. The third kappa shape index (κ3) is 7.90. The largest absolute Gasteiger partial charge is 0.382 e. The van der Waals surface area contributed by atoms with Crippen LogP contribution in [0.3, 0.4) is 0 Å². The van der Waals surface area contributed by atoms with Crippen LogP contribution in [-0.4, -0.2) is 52.8 Å². The molecule has 2 atom stereocenters. The van der Waals surface area contributed by atoms with Crippen LogP contribution in [0.15, 0.2) is 16.8 Å². The normalized spacial score (nSPS) is 14.2. The maximum Gasteiger partial charge on any atom is 0.0984 e. The van der Waals surface area contributed by atoms with Crippen LogP contribution in [0.5, 0.6) is 0 Å². The van der Waals surface area contributed by atoms with Gasteiger partial charge in [-0.2, -0.15) is 11.3 Å². The van der Waals surface area contributed by atoms with Crippen LogP contribution in [0.1, 0.15) is 25.0 Å². The molecule has 5 nitrogen and oxygen atoms in total. The summed E-state index contributed by atoms with van der Waals surface area (Å²) in [6.45, 7) is 5.50. The molecule has 0 aliphatic rings. The number of hydrogen-bond donors (Lipinski definition) is 1. The second-order valence-electron chi connectivity index (χ2n) is 4.64. The van der Waals surface area contributed by atoms with Crippen LogP contribution < -0.4 is 5.73 Å². The summed E-state index contributed by atoms with van der Waals surface area (Å²) in [4.78, 5) is 0. The van der Waals surface area contributed by atoms with Gasteiger partial charge in [-0.1, -0.05) is 6.92 Å². The van der Waals surface area contributed by atoms with Gasteiger partial charge in [0.2, 0.25) is 0 Å². The molecule has 0 saturated heterocycles. The Bertz CT molecular complexity index is 334. The molecule has 1 aromatic rings. The smallest absolute Gasteiger partial charge is 0.0984 e. The van der Waals surface area contributed by atoms with Gasteiger partial charge in [0.25, 0.3) is 0 Å². The quantitative estimate of drug-likeness (QED) is 0.565. The van der Waals surface area contributed by atoms with Crippen molar-refractivity contribution in [1.82, 2.24) is 0 Å². The lowest BCUT2D eigenvalue weighted by atomic mass is 10.0. The van der Waals surface area contributed by atoms with Crippen LogP contribution in [-0.2, 0) is 18.9 Å². The van der Waals surface area contributed by atoms with Gasteiger partial charge in [0.05, 0.1) is 45.7 Å². The van der Waals surface area contributed by atoms with E-state index >= 15 is 0 Å². The Labute approximate surface area is 131 Å². The summed E-state index contributed by atoms with van der Waals surface area (Å²) in [5, 5.41) is 4.13. The maximum atomic E-state index is 6.12. The van der Waals surface area contributed by atoms with Gasteiger partial charge < -0.3 is 24.7 Å². The van der Waals surface area contributed by atoms with Crippen LogP contribution in [0, 0.1) is 0 Å². The minimum absolute atomic E-state index is 0.0111. The first-order chi connectivity index (χ1) is 10.3. The molecule has 1 heterocycles. The summed E-state index contributed by atoms with van der Waals surface area (Å²) in [5.41, 5.74) is 7.27. The van der Waals surface area contributed by atoms with Crippen molar-refractivity contribution in [2.45, 2.75) is 25.5 Å². The van der Waals surface area contributed by atoms with E-state index in [1.807, 2.05) is 5.38 Å². The van der Waals surface area contributed by atoms with Crippen molar-refractivity contribution < 1.29 is 18.9 Å². The minimum Gasteiger partial charge on any atom is -0.382 e. The Morgan fingerprint density at radius 3 is 2.33 bits per heavy atom. The summed E-state index contributed by atoms with van der Waals surface area (Å²) in [7, 11) is 1.65. The monoisotopic (exact) mass is 317 g/mol. The van der Waals surface area contributed by atoms with Crippen molar-refractivity contribution in [2.24, 2.45) is 5.73 Å². The van der Waals surface area contributed by atoms with Gasteiger partial charge in [-0.3, -0.25) is 0 Å². The first-order valence-corrected chi connectivity index (χ1v) is 8.27. The van der Waals surface area contributed by atoms with E-state index in [-0.39, 0.29) is 12.1 Å². The second kappa shape index (κ2) is 12.1. The molecule has 0 aliphatic carbocycles. The van der Waals surface area contributed by atoms with Crippen LogP contribution in [0.2, 0.25) is 0 Å². The molecule has 1 rings (SSSR count). The van der Waals surface area contributed by atoms with Gasteiger partial charge in [-0.15, -0.1) is 0 Å². The molecule has 0 aromatic carbocycles. The number of rotatable bonds is 13. The Kier molecular flexibility index (Phi) is 10.7. The highest BCUT2D eigenvalue weighted by Gasteiger charge is 2.19. The average Bonchev–Trinajstić information content (AvgIpc) is 3.02. The molecule has 0 fully saturated rings. The fraction of sp³-hybridized carbons (Fsp3) is 0.733. The Morgan fingerprint density at radius 1 is 1.10 bits per heavy atom. The zero-order valence-electron chi connectivity index (χ0n) is 13.0. The van der Waals surface area contributed by atoms with Gasteiger partial charge in [0.1, 0.15) is 0 Å². The standard InChI is InChI=1S/C15H27NO4S/c1-3-14(16)15(13-4-11-21-12-13)20-10-9-19-8-7-18-6-5-17-2/h4,11-12,14-15H,3,5-10,16H2,1-2H3. The van der Waals surface area contributed by atoms with E-state index in [4.69, 9.17) is 24.7 Å². The lowest BCUT2D eigenvalue weighted by Crippen LogP contribution is -2.30. The Morgan fingerprint density at radius 2 is 1.76 bits per heavy atom. The van der Waals surface area contributed by atoms with E-state index in [1.165, 1.54) is 0 Å². The molecule has 0 aliphatic heterocycles. The van der Waals surface area contributed by atoms with Gasteiger partial charge >= 0.3 is 0 Å². The molecule has 21 heavy (non-hydrogen) atoms. The summed E-state index contributed by atoms with van der Waals surface area (Å²) >= 11 is 1.66. The summed E-state index contributed by atoms with van der Waals surface area (Å²) in [6, 6.07) is 2.08. The molecular weight excluding hydrogens is 290 g/mol. The zero-order chi connectivity index (χ0) is 15.3. The fourth-order valence-electron chi connectivity index (χ4n) is 1.82. The predicted octanol–water partition coefficient (Wildman–Crippen LogP) is 2.22. The molecular formula is C15H27NO4S. The zero-order valence-corrected chi connectivity index (χ0v) is 13.8. The summed E-state index contributed by atoms with van der Waals surface area (Å²) in [6.07, 6.45) is 0.831. The molecule has 0 spiro atoms. The summed E-state index contributed by atoms with van der Waals surface area (Å²) < 4.78 is 21.5. The van der Waals surface area contributed by atoms with Crippen LogP contribution >= 0.6 is 11.3 Å². The van der Waals surface area contributed by atoms with Gasteiger partial charge in [0, 0.05) is 13.2 Å². The van der Waals surface area contributed by atoms with Crippen molar-refractivity contribution in [3.63, 3.8) is 0 Å². The predicted molar refractivity (Wildman–Crippen MR) is 84.8 cm³/mol. The number of nitrogens with two attached hydrogens (primary N) is 1. The highest BCUT2D eigenvalue weighted by atomic mass is 32.1. The first kappa shape index (κ1) is 18.5. The SMILES string of the molecule is CCC(N)C(OCCOCCOCCOC)c1ccsc1. The number of ether oxygens (including phenoxy) is 4. The van der Waals surface area contributed by atoms with Crippen LogP contribution in [0.4, 0.5) is 0 Å². The number of thiophene rings is 1. The van der Waals surface area contributed by atoms with Crippen molar-refractivity contribution in [2.75, 3.05) is 46.8 Å². The highest BCUT2D eigenvalue weighted by molar-refractivity contribution is 7.07. The van der Waals surface area contributed by atoms with E-state index in [9.17, 15) is 0 Å². The van der Waals surface area contributed by atoms with E-state index in [1.54, 1.807) is 18.4 Å². The van der Waals surface area contributed by atoms with Gasteiger partial charge in [-0.05, 0) is 28.8 Å². The molecule has 0 saturated carbocycles. The molecule has 0 bridgehead atoms. The minimum atomic E-state index is -0.0530. The fourth-order valence-corrected chi connectivity index (χ4v) is 2.50. The summed E-state index contributed by atoms with van der Waals surface area (Å²) in [5.74, 6) is 0. The van der Waals surface area contributed by atoms with E-state index < -0.39 is 0 Å². The van der Waals surface area contributed by atoms with Gasteiger partial charge in [0.15, 0.2) is 0 Å². The lowest BCUT2D eigenvalue weighted by molar-refractivity contribution is -0.0239. The van der Waals surface area contributed by atoms with Gasteiger partial charge in [-0.25, -0.2) is 0 Å². The van der Waals surface area contributed by atoms with E-state index in [0.717, 1.165) is 12.0 Å². The third-order valence-electron chi connectivity index (χ3n) is 3.06. The number of methoxy groups -OCH3 is 1. The Balaban J connectivity index is 2.11. The van der Waals surface area contributed by atoms with Crippen LogP contribution in [0.25, 0.3) is 0 Å². The Hall–Kier alpha value is -0.500. The third-order valence-corrected chi connectivity index (χ3v) is 3.76. The average molecular weight is 317 g/mol. The number of hydrogen-bond acceptors (Lipinski definition) is 6. The molecule has 2 unspecified atom stereocenters. The molecule has 122 valence electrons. The molecule has 1 aromatic heterocycles. The van der Waals surface area contributed by atoms with E-state index in [0.29, 0.717) is 39.6 Å².